The zero-order valence-corrected chi connectivity index (χ0v) is 21.2. The fourth-order valence-electron chi connectivity index (χ4n) is 3.72. The number of para-hydroxylation sites is 1. The first-order valence-electron chi connectivity index (χ1n) is 11.2. The van der Waals surface area contributed by atoms with Gasteiger partial charge in [0, 0.05) is 5.66 Å². The van der Waals surface area contributed by atoms with Crippen LogP contribution in [0.3, 0.4) is 0 Å². The molecule has 0 bridgehead atoms. The number of hydrogen-bond acceptors (Lipinski definition) is 4. The minimum absolute atomic E-state index is 0. The maximum atomic E-state index is 13.1. The van der Waals surface area contributed by atoms with Crippen LogP contribution < -0.4 is 15.4 Å². The molecular weight excluding hydrogens is 509 g/mol. The van der Waals surface area contributed by atoms with Crippen molar-refractivity contribution in [1.29, 1.82) is 0 Å². The Morgan fingerprint density at radius 1 is 0.694 bits per heavy atom. The van der Waals surface area contributed by atoms with Crippen molar-refractivity contribution < 1.29 is 26.7 Å². The summed E-state index contributed by atoms with van der Waals surface area (Å²) in [7, 11) is -0.906. The predicted octanol–water partition coefficient (Wildman–Crippen LogP) is 4.27. The van der Waals surface area contributed by atoms with Crippen LogP contribution in [0.1, 0.15) is 0 Å². The van der Waals surface area contributed by atoms with Gasteiger partial charge in [-0.2, -0.15) is 0 Å². The van der Waals surface area contributed by atoms with E-state index in [2.05, 4.69) is 34.6 Å². The minimum atomic E-state index is -0.906. The van der Waals surface area contributed by atoms with E-state index < -0.39 is 13.9 Å². The van der Waals surface area contributed by atoms with Crippen molar-refractivity contribution in [3.8, 4) is 0 Å². The molecule has 2 aliphatic rings. The van der Waals surface area contributed by atoms with Crippen molar-refractivity contribution in [2.24, 2.45) is 0 Å². The van der Waals surface area contributed by atoms with Crippen LogP contribution in [-0.4, -0.2) is 21.1 Å². The van der Waals surface area contributed by atoms with Gasteiger partial charge in [-0.3, -0.25) is 0 Å². The van der Waals surface area contributed by atoms with Gasteiger partial charge in [0.25, 0.3) is 0 Å². The number of hydrogen-bond donors (Lipinski definition) is 0. The smallest absolute Gasteiger partial charge is 0.317 e. The third-order valence-electron chi connectivity index (χ3n) is 5.33. The van der Waals surface area contributed by atoms with Crippen molar-refractivity contribution in [1.82, 2.24) is 15.2 Å². The molecule has 0 unspecified atom stereocenters. The summed E-state index contributed by atoms with van der Waals surface area (Å²) in [5.74, 6) is 0.0819. The molecule has 3 aromatic carbocycles. The van der Waals surface area contributed by atoms with E-state index in [0.29, 0.717) is 17.0 Å². The predicted molar refractivity (Wildman–Crippen MR) is 139 cm³/mol. The average molecular weight is 531 g/mol. The number of aromatic nitrogens is 3. The van der Waals surface area contributed by atoms with E-state index >= 15 is 0 Å². The molecule has 0 spiro atoms. The maximum Gasteiger partial charge on any atom is 2.00 e. The van der Waals surface area contributed by atoms with Gasteiger partial charge < -0.3 is 4.84 Å². The standard InChI is InChI=1S/C24H17N3O2P.C5H5.Fe/c28-24(29-27-22-16-8-7-15-21(22)25-26-27)20-14-9-17-23(20)30(18-10-3-1-4-11-18)19-12-5-2-6-13-19;1-2-4-5-3-1;/h1-17H;1-5H;/q;;+2. The van der Waals surface area contributed by atoms with Crippen LogP contribution in [0.25, 0.3) is 11.0 Å². The molecule has 2 saturated carbocycles. The number of carbonyl (C=O) groups is 1. The summed E-state index contributed by atoms with van der Waals surface area (Å²) in [5, 5.41) is 10.4. The molecule has 0 N–H and O–H groups in total. The Morgan fingerprint density at radius 2 is 1.25 bits per heavy atom. The molecule has 2 fully saturated rings. The second-order valence-corrected chi connectivity index (χ2v) is 9.81. The molecule has 0 atom stereocenters. The molecule has 1 heterocycles. The maximum absolute atomic E-state index is 13.1. The Bertz CT molecular complexity index is 1180. The van der Waals surface area contributed by atoms with Crippen molar-refractivity contribution >= 4 is 35.5 Å². The summed E-state index contributed by atoms with van der Waals surface area (Å²) in [5.41, 5.74) is 2.27. The zero-order valence-electron chi connectivity index (χ0n) is 19.2. The molecule has 0 amide bonds. The average Bonchev–Trinajstić information content (AvgIpc) is 3.70. The van der Waals surface area contributed by atoms with Gasteiger partial charge in [0.15, 0.2) is 0 Å². The van der Waals surface area contributed by atoms with Gasteiger partial charge in [0.05, 0.1) is 0 Å². The monoisotopic (exact) mass is 531 g/mol. The second kappa shape index (κ2) is 13.1. The van der Waals surface area contributed by atoms with Crippen LogP contribution >= 0.6 is 7.92 Å². The third kappa shape index (κ3) is 6.24. The van der Waals surface area contributed by atoms with Crippen molar-refractivity contribution in [3.05, 3.63) is 148 Å². The van der Waals surface area contributed by atoms with Gasteiger partial charge in [0.2, 0.25) is 0 Å². The van der Waals surface area contributed by atoms with Crippen molar-refractivity contribution in [3.63, 3.8) is 0 Å². The third-order valence-corrected chi connectivity index (χ3v) is 7.83. The summed E-state index contributed by atoms with van der Waals surface area (Å²) >= 11 is 0. The molecule has 2 aliphatic carbocycles. The van der Waals surface area contributed by atoms with Crippen molar-refractivity contribution in [2.75, 3.05) is 0 Å². The van der Waals surface area contributed by atoms with Crippen LogP contribution in [0.2, 0.25) is 0 Å². The molecular formula is C29H22FeN3O2P+2. The fraction of sp³-hybridized carbons (Fsp3) is 0. The molecule has 0 aliphatic heterocycles. The van der Waals surface area contributed by atoms with Gasteiger partial charge in [-0.1, -0.05) is 77.6 Å². The molecule has 0 saturated heterocycles. The fourth-order valence-corrected chi connectivity index (χ4v) is 6.16. The Morgan fingerprint density at radius 3 is 1.86 bits per heavy atom. The largest absolute Gasteiger partial charge is 2.00 e. The van der Waals surface area contributed by atoms with Gasteiger partial charge >= 0.3 is 23.0 Å². The van der Waals surface area contributed by atoms with E-state index in [1.54, 1.807) is 6.42 Å². The molecule has 10 radical (unpaired) electrons. The van der Waals surface area contributed by atoms with E-state index in [0.717, 1.165) is 5.66 Å². The Labute approximate surface area is 224 Å². The van der Waals surface area contributed by atoms with Gasteiger partial charge in [0.1, 0.15) is 17.0 Å². The van der Waals surface area contributed by atoms with Crippen LogP contribution in [0.5, 0.6) is 0 Å². The molecule has 4 aromatic rings. The second-order valence-electron chi connectivity index (χ2n) is 7.62. The number of carbonyl (C=O) groups excluding carboxylic acids is 1. The van der Waals surface area contributed by atoms with Gasteiger partial charge in [-0.25, -0.2) is 4.79 Å². The number of fused-ring (bicyclic) bond motifs is 1. The van der Waals surface area contributed by atoms with E-state index in [4.69, 9.17) is 4.84 Å². The van der Waals surface area contributed by atoms with Crippen LogP contribution in [0.4, 0.5) is 0 Å². The van der Waals surface area contributed by atoms with E-state index in [1.165, 1.54) is 15.5 Å². The van der Waals surface area contributed by atoms with E-state index in [1.807, 2.05) is 106 Å². The van der Waals surface area contributed by atoms with Crippen LogP contribution in [0.15, 0.2) is 84.9 Å². The first-order chi connectivity index (χ1) is 17.3. The van der Waals surface area contributed by atoms with E-state index in [9.17, 15) is 4.79 Å². The summed E-state index contributed by atoms with van der Waals surface area (Å²) in [6.07, 6.45) is 15.7. The Balaban J connectivity index is 0.000000455. The van der Waals surface area contributed by atoms with Crippen molar-refractivity contribution in [2.45, 2.75) is 0 Å². The molecule has 1 aromatic heterocycles. The van der Waals surface area contributed by atoms with Crippen LogP contribution in [0, 0.1) is 62.9 Å². The Hall–Kier alpha value is -2.52. The number of rotatable bonds is 5. The zero-order chi connectivity index (χ0) is 23.9. The molecule has 7 heteroatoms. The van der Waals surface area contributed by atoms with Crippen LogP contribution in [-0.2, 0) is 21.9 Å². The molecule has 176 valence electrons. The van der Waals surface area contributed by atoms with Gasteiger partial charge in [-0.05, 0) is 87.2 Å². The van der Waals surface area contributed by atoms with Gasteiger partial charge in [-0.15, -0.1) is 5.10 Å². The SMILES string of the molecule is O=C(On1nnc2ccccc21)[C]1[CH][CH][CH][C]1P(c1ccccc1)c1ccccc1.[CH]1[CH][CH][CH][CH]1.[Fe+2]. The molecule has 6 rings (SSSR count). The summed E-state index contributed by atoms with van der Waals surface area (Å²) in [4.78, 5) is 19.9. The first-order valence-corrected chi connectivity index (χ1v) is 12.5. The minimum Gasteiger partial charge on any atom is -0.317 e. The normalized spacial score (nSPS) is 15.9. The molecule has 36 heavy (non-hydrogen) atoms. The Kier molecular flexibility index (Phi) is 9.69. The van der Waals surface area contributed by atoms with E-state index in [-0.39, 0.29) is 17.1 Å². The summed E-state index contributed by atoms with van der Waals surface area (Å²) in [6, 6.07) is 27.9. The summed E-state index contributed by atoms with van der Waals surface area (Å²) < 4.78 is 0. The quantitative estimate of drug-likeness (QED) is 0.219. The summed E-state index contributed by atoms with van der Waals surface area (Å²) in [6.45, 7) is 0. The first kappa shape index (κ1) is 26.5. The molecule has 5 nitrogen and oxygen atoms in total. The number of benzene rings is 3. The number of nitrogens with zero attached hydrogens (tertiary/aromatic N) is 3. The topological polar surface area (TPSA) is 57.0 Å².